The summed E-state index contributed by atoms with van der Waals surface area (Å²) in [5, 5.41) is 0. The van der Waals surface area contributed by atoms with Crippen LogP contribution in [0.15, 0.2) is 0 Å². The van der Waals surface area contributed by atoms with Crippen molar-refractivity contribution in [3.63, 3.8) is 0 Å². The predicted molar refractivity (Wildman–Crippen MR) is 135 cm³/mol. The van der Waals surface area contributed by atoms with Gasteiger partial charge in [-0.2, -0.15) is 0 Å². The maximum atomic E-state index is 2.76. The Bertz CT molecular complexity index is 662. The molecule has 8 bridgehead atoms. The summed E-state index contributed by atoms with van der Waals surface area (Å²) in [6, 6.07) is 0. The van der Waals surface area contributed by atoms with Crippen molar-refractivity contribution in [2.75, 3.05) is 0 Å². The van der Waals surface area contributed by atoms with E-state index in [1.807, 2.05) is 0 Å². The van der Waals surface area contributed by atoms with E-state index >= 15 is 0 Å². The van der Waals surface area contributed by atoms with Gasteiger partial charge in [0, 0.05) is 0 Å². The van der Waals surface area contributed by atoms with Gasteiger partial charge in [0.05, 0.1) is 0 Å². The van der Waals surface area contributed by atoms with E-state index in [-0.39, 0.29) is 0 Å². The minimum atomic E-state index is 0.608. The van der Waals surface area contributed by atoms with Crippen LogP contribution in [0.4, 0.5) is 0 Å². The molecule has 0 amide bonds. The van der Waals surface area contributed by atoms with Crippen molar-refractivity contribution in [1.29, 1.82) is 0 Å². The fraction of sp³-hybridized carbons (Fsp3) is 1.00. The number of rotatable bonds is 4. The molecule has 174 valence electrons. The van der Waals surface area contributed by atoms with Crippen molar-refractivity contribution in [1.82, 2.24) is 0 Å². The molecule has 0 N–H and O–H groups in total. The predicted octanol–water partition coefficient (Wildman–Crippen LogP) is 8.24. The lowest BCUT2D eigenvalue weighted by Gasteiger charge is -2.44. The molecule has 0 aromatic heterocycles. The molecule has 0 heterocycles. The van der Waals surface area contributed by atoms with Crippen molar-refractivity contribution in [3.05, 3.63) is 0 Å². The molecule has 0 aliphatic heterocycles. The van der Waals surface area contributed by atoms with Gasteiger partial charge in [-0.1, -0.05) is 67.0 Å². The molecular weight excluding hydrogens is 371 g/mol. The fourth-order valence-corrected chi connectivity index (χ4v) is 12.8. The van der Waals surface area contributed by atoms with Crippen LogP contribution in [-0.2, 0) is 0 Å². The van der Waals surface area contributed by atoms with Gasteiger partial charge in [0.15, 0.2) is 0 Å². The Morgan fingerprint density at radius 3 is 1.42 bits per heavy atom. The second kappa shape index (κ2) is 6.81. The first-order valence-electron chi connectivity index (χ1n) is 14.6. The summed E-state index contributed by atoms with van der Waals surface area (Å²) >= 11 is 0. The lowest BCUT2D eigenvalue weighted by atomic mass is 9.50. The molecule has 6 aliphatic carbocycles. The van der Waals surface area contributed by atoms with Crippen molar-refractivity contribution in [3.8, 4) is 0 Å². The SMILES string of the molecule is CC1(C)CCCC2(C)C(CBCC3C4CCC5C4C(C)(C)CCCC35C)C3CCC2C31. The van der Waals surface area contributed by atoms with Crippen LogP contribution in [0.1, 0.15) is 106 Å². The van der Waals surface area contributed by atoms with Gasteiger partial charge in [0.25, 0.3) is 0 Å². The highest BCUT2D eigenvalue weighted by molar-refractivity contribution is 6.35. The van der Waals surface area contributed by atoms with Crippen LogP contribution < -0.4 is 0 Å². The van der Waals surface area contributed by atoms with Gasteiger partial charge < -0.3 is 0 Å². The number of hydrogen-bond donors (Lipinski definition) is 0. The van der Waals surface area contributed by atoms with Gasteiger partial charge in [0.2, 0.25) is 0 Å². The summed E-state index contributed by atoms with van der Waals surface area (Å²) < 4.78 is 0. The van der Waals surface area contributed by atoms with Crippen molar-refractivity contribution >= 4 is 7.28 Å². The van der Waals surface area contributed by atoms with Crippen molar-refractivity contribution < 1.29 is 0 Å². The minimum absolute atomic E-state index is 0.608. The molecule has 6 saturated carbocycles. The smallest absolute Gasteiger partial charge is 0.0738 e. The molecule has 0 nitrogen and oxygen atoms in total. The van der Waals surface area contributed by atoms with Crippen LogP contribution in [0.5, 0.6) is 0 Å². The average molecular weight is 423 g/mol. The van der Waals surface area contributed by atoms with Crippen molar-refractivity contribution in [2.45, 2.75) is 118 Å². The summed E-state index contributed by atoms with van der Waals surface area (Å²) in [6.07, 6.45) is 18.5. The topological polar surface area (TPSA) is 0 Å². The zero-order valence-corrected chi connectivity index (χ0v) is 21.8. The lowest BCUT2D eigenvalue weighted by molar-refractivity contribution is 0.0939. The van der Waals surface area contributed by atoms with Crippen LogP contribution in [0.2, 0.25) is 12.6 Å². The maximum Gasteiger partial charge on any atom is 0.121 e. The Kier molecular flexibility index (Phi) is 4.74. The van der Waals surface area contributed by atoms with Gasteiger partial charge in [-0.25, -0.2) is 0 Å². The summed E-state index contributed by atoms with van der Waals surface area (Å²) in [6.45, 7) is 16.1. The third-order valence-corrected chi connectivity index (χ3v) is 13.7. The van der Waals surface area contributed by atoms with Gasteiger partial charge in [-0.3, -0.25) is 0 Å². The molecule has 0 aromatic rings. The monoisotopic (exact) mass is 422 g/mol. The van der Waals surface area contributed by atoms with Crippen molar-refractivity contribution in [2.24, 2.45) is 69.0 Å². The van der Waals surface area contributed by atoms with Crippen LogP contribution in [0.25, 0.3) is 0 Å². The summed E-state index contributed by atoms with van der Waals surface area (Å²) in [5.74, 6) is 8.47. The Labute approximate surface area is 194 Å². The number of hydrogen-bond acceptors (Lipinski definition) is 0. The molecule has 6 rings (SSSR count). The lowest BCUT2D eigenvalue weighted by Crippen LogP contribution is -2.36. The Morgan fingerprint density at radius 1 is 0.581 bits per heavy atom. The Balaban J connectivity index is 1.18. The van der Waals surface area contributed by atoms with E-state index < -0.39 is 0 Å². The second-order valence-electron chi connectivity index (χ2n) is 15.6. The normalized spacial score (nSPS) is 55.8. The standard InChI is InChI=1S/C30H51B/c1-27(2)13-7-15-29(5)21-11-9-19(25(21)27)23(29)17-31-18-24-20-10-12-22-26(20)28(3,4)14-8-16-30(22,24)6/h19-26,31H,7-18H2,1-6H3. The largest absolute Gasteiger partial charge is 0.121 e. The molecular formula is C30H51B. The van der Waals surface area contributed by atoms with Crippen LogP contribution >= 0.6 is 0 Å². The fourth-order valence-electron chi connectivity index (χ4n) is 12.8. The molecule has 0 aromatic carbocycles. The second-order valence-corrected chi connectivity index (χ2v) is 15.6. The zero-order chi connectivity index (χ0) is 21.8. The first kappa shape index (κ1) is 21.6. The van der Waals surface area contributed by atoms with Gasteiger partial charge >= 0.3 is 0 Å². The molecule has 0 saturated heterocycles. The molecule has 31 heavy (non-hydrogen) atoms. The highest BCUT2D eigenvalue weighted by Gasteiger charge is 2.66. The van der Waals surface area contributed by atoms with E-state index in [4.69, 9.17) is 0 Å². The third-order valence-electron chi connectivity index (χ3n) is 13.7. The van der Waals surface area contributed by atoms with Gasteiger partial charge in [0.1, 0.15) is 7.28 Å². The molecule has 0 spiro atoms. The molecule has 0 radical (unpaired) electrons. The van der Waals surface area contributed by atoms with Crippen LogP contribution in [-0.4, -0.2) is 7.28 Å². The highest BCUT2D eigenvalue weighted by atomic mass is 14.7. The molecule has 6 fully saturated rings. The Hall–Kier alpha value is 0.0649. The zero-order valence-electron chi connectivity index (χ0n) is 21.8. The molecule has 1 heteroatoms. The average Bonchev–Trinajstić information content (AvgIpc) is 3.37. The Morgan fingerprint density at radius 2 is 1.00 bits per heavy atom. The summed E-state index contributed by atoms with van der Waals surface area (Å²) in [4.78, 5) is 0. The minimum Gasteiger partial charge on any atom is -0.0738 e. The van der Waals surface area contributed by atoms with Crippen LogP contribution in [0.3, 0.4) is 0 Å². The van der Waals surface area contributed by atoms with E-state index in [2.05, 4.69) is 41.5 Å². The molecule has 10 atom stereocenters. The maximum absolute atomic E-state index is 2.76. The van der Waals surface area contributed by atoms with E-state index in [1.165, 1.54) is 25.7 Å². The molecule has 6 aliphatic rings. The first-order valence-corrected chi connectivity index (χ1v) is 14.6. The third kappa shape index (κ3) is 2.79. The summed E-state index contributed by atoms with van der Waals surface area (Å²) in [5.41, 5.74) is 2.60. The molecule has 10 unspecified atom stereocenters. The van der Waals surface area contributed by atoms with Gasteiger partial charge in [-0.15, -0.1) is 0 Å². The van der Waals surface area contributed by atoms with E-state index in [0.29, 0.717) is 21.7 Å². The first-order chi connectivity index (χ1) is 14.6. The highest BCUT2D eigenvalue weighted by Crippen LogP contribution is 2.73. The van der Waals surface area contributed by atoms with Gasteiger partial charge in [-0.05, 0) is 120 Å². The van der Waals surface area contributed by atoms with E-state index in [9.17, 15) is 0 Å². The van der Waals surface area contributed by atoms with E-state index in [0.717, 1.165) is 47.3 Å². The van der Waals surface area contributed by atoms with Crippen LogP contribution in [0, 0.1) is 69.0 Å². The van der Waals surface area contributed by atoms with E-state index in [1.54, 1.807) is 58.4 Å². The summed E-state index contributed by atoms with van der Waals surface area (Å²) in [7, 11) is 1.55. The quantitative estimate of drug-likeness (QED) is 0.400.